The Kier molecular flexibility index (Phi) is 6.06. The smallest absolute Gasteiger partial charge is 0.254 e. The highest BCUT2D eigenvalue weighted by molar-refractivity contribution is 5.95. The Morgan fingerprint density at radius 1 is 1.52 bits per heavy atom. The molecule has 1 aromatic heterocycles. The molecule has 0 radical (unpaired) electrons. The van der Waals surface area contributed by atoms with Crippen LogP contribution < -0.4 is 5.73 Å². The van der Waals surface area contributed by atoms with Crippen LogP contribution in [0.25, 0.3) is 0 Å². The molecule has 1 saturated heterocycles. The van der Waals surface area contributed by atoms with Gasteiger partial charge in [-0.25, -0.2) is 0 Å². The molecule has 1 fully saturated rings. The van der Waals surface area contributed by atoms with E-state index >= 15 is 0 Å². The maximum Gasteiger partial charge on any atom is 0.254 e. The van der Waals surface area contributed by atoms with Crippen LogP contribution in [0.3, 0.4) is 0 Å². The fourth-order valence-electron chi connectivity index (χ4n) is 2.78. The number of amides is 2. The summed E-state index contributed by atoms with van der Waals surface area (Å²) in [6.45, 7) is 4.32. The number of pyridine rings is 1. The zero-order valence-corrected chi connectivity index (χ0v) is 13.7. The summed E-state index contributed by atoms with van der Waals surface area (Å²) in [4.78, 5) is 31.4. The number of carbonyl (C=O) groups excluding carboxylic acids is 2. The lowest BCUT2D eigenvalue weighted by molar-refractivity contribution is -0.119. The van der Waals surface area contributed by atoms with Gasteiger partial charge in [0.25, 0.3) is 5.91 Å². The van der Waals surface area contributed by atoms with Crippen molar-refractivity contribution in [1.29, 1.82) is 0 Å². The number of nitrogens with zero attached hydrogens (tertiary/aromatic N) is 3. The first-order valence-corrected chi connectivity index (χ1v) is 7.81. The lowest BCUT2D eigenvalue weighted by Crippen LogP contribution is -2.50. The molecule has 1 aromatic rings. The Hall–Kier alpha value is -1.99. The minimum atomic E-state index is -0.374. The summed E-state index contributed by atoms with van der Waals surface area (Å²) in [6.07, 6.45) is 4.03. The predicted octanol–water partition coefficient (Wildman–Crippen LogP) is -0.0979. The molecule has 0 aliphatic carbocycles. The van der Waals surface area contributed by atoms with Gasteiger partial charge in [0.1, 0.15) is 0 Å². The fraction of sp³-hybridized carbons (Fsp3) is 0.562. The summed E-state index contributed by atoms with van der Waals surface area (Å²) in [5.74, 6) is -0.365. The third-order valence-corrected chi connectivity index (χ3v) is 3.88. The molecule has 2 rings (SSSR count). The summed E-state index contributed by atoms with van der Waals surface area (Å²) in [5, 5.41) is 0. The van der Waals surface area contributed by atoms with E-state index in [2.05, 4.69) is 4.98 Å². The summed E-state index contributed by atoms with van der Waals surface area (Å²) in [5.41, 5.74) is 6.84. The van der Waals surface area contributed by atoms with Crippen LogP contribution in [0, 0.1) is 0 Å². The van der Waals surface area contributed by atoms with Gasteiger partial charge in [-0.1, -0.05) is 6.92 Å². The van der Waals surface area contributed by atoms with Gasteiger partial charge in [0.05, 0.1) is 19.3 Å². The monoisotopic (exact) mass is 320 g/mol. The summed E-state index contributed by atoms with van der Waals surface area (Å²) in [6, 6.07) is 1.77. The van der Waals surface area contributed by atoms with Gasteiger partial charge in [0, 0.05) is 37.6 Å². The summed E-state index contributed by atoms with van der Waals surface area (Å²) >= 11 is 0. The van der Waals surface area contributed by atoms with Crippen molar-refractivity contribution in [3.05, 3.63) is 29.6 Å². The van der Waals surface area contributed by atoms with Crippen LogP contribution in [0.5, 0.6) is 0 Å². The molecule has 126 valence electrons. The number of aryl methyl sites for hydroxylation is 1. The second kappa shape index (κ2) is 8.03. The molecule has 23 heavy (non-hydrogen) atoms. The molecule has 7 heteroatoms. The third kappa shape index (κ3) is 4.74. The lowest BCUT2D eigenvalue weighted by atomic mass is 10.1. The number of morpholine rings is 1. The minimum Gasteiger partial charge on any atom is -0.373 e. The van der Waals surface area contributed by atoms with Crippen LogP contribution in [0.1, 0.15) is 22.8 Å². The van der Waals surface area contributed by atoms with E-state index in [4.69, 9.17) is 10.5 Å². The van der Waals surface area contributed by atoms with Gasteiger partial charge in [0.2, 0.25) is 5.91 Å². The Morgan fingerprint density at radius 3 is 3.00 bits per heavy atom. The molecule has 1 atom stereocenters. The number of aromatic nitrogens is 1. The number of nitrogens with two attached hydrogens (primary N) is 1. The maximum atomic E-state index is 12.7. The van der Waals surface area contributed by atoms with Gasteiger partial charge in [0.15, 0.2) is 0 Å². The topological polar surface area (TPSA) is 88.8 Å². The average molecular weight is 320 g/mol. The first-order chi connectivity index (χ1) is 11.0. The van der Waals surface area contributed by atoms with Crippen LogP contribution in [0.15, 0.2) is 18.5 Å². The molecule has 0 saturated carbocycles. The Bertz CT molecular complexity index is 564. The van der Waals surface area contributed by atoms with Crippen molar-refractivity contribution < 1.29 is 14.3 Å². The number of hydrogen-bond acceptors (Lipinski definition) is 5. The van der Waals surface area contributed by atoms with Crippen molar-refractivity contribution in [1.82, 2.24) is 14.8 Å². The van der Waals surface area contributed by atoms with Gasteiger partial charge in [-0.2, -0.15) is 0 Å². The van der Waals surface area contributed by atoms with E-state index in [0.29, 0.717) is 31.8 Å². The highest BCUT2D eigenvalue weighted by Crippen LogP contribution is 2.14. The fourth-order valence-corrected chi connectivity index (χ4v) is 2.78. The first kappa shape index (κ1) is 17.4. The van der Waals surface area contributed by atoms with Crippen molar-refractivity contribution in [2.45, 2.75) is 19.4 Å². The van der Waals surface area contributed by atoms with Crippen LogP contribution in [-0.2, 0) is 16.0 Å². The van der Waals surface area contributed by atoms with E-state index < -0.39 is 0 Å². The average Bonchev–Trinajstić information content (AvgIpc) is 2.53. The molecule has 7 nitrogen and oxygen atoms in total. The van der Waals surface area contributed by atoms with E-state index in [1.165, 1.54) is 0 Å². The molecule has 2 heterocycles. The quantitative estimate of drug-likeness (QED) is 0.791. The predicted molar refractivity (Wildman–Crippen MR) is 85.9 cm³/mol. The van der Waals surface area contributed by atoms with Crippen molar-refractivity contribution in [3.8, 4) is 0 Å². The van der Waals surface area contributed by atoms with Crippen molar-refractivity contribution >= 4 is 11.8 Å². The molecule has 0 bridgehead atoms. The SMILES string of the molecule is CCc1cnccc1C(=O)N1CCOC(CN(C)CC(N)=O)C1. The number of hydrogen-bond donors (Lipinski definition) is 1. The van der Waals surface area contributed by atoms with Gasteiger partial charge in [-0.3, -0.25) is 19.5 Å². The second-order valence-electron chi connectivity index (χ2n) is 5.79. The van der Waals surface area contributed by atoms with Crippen LogP contribution in [-0.4, -0.2) is 72.5 Å². The zero-order valence-electron chi connectivity index (χ0n) is 13.7. The van der Waals surface area contributed by atoms with E-state index in [1.54, 1.807) is 23.4 Å². The number of ether oxygens (including phenoxy) is 1. The lowest BCUT2D eigenvalue weighted by Gasteiger charge is -2.35. The first-order valence-electron chi connectivity index (χ1n) is 7.81. The van der Waals surface area contributed by atoms with Crippen molar-refractivity contribution in [2.75, 3.05) is 39.8 Å². The van der Waals surface area contributed by atoms with Crippen LogP contribution in [0.4, 0.5) is 0 Å². The third-order valence-electron chi connectivity index (χ3n) is 3.88. The summed E-state index contributed by atoms with van der Waals surface area (Å²) in [7, 11) is 1.81. The van der Waals surface area contributed by atoms with Crippen molar-refractivity contribution in [2.24, 2.45) is 5.73 Å². The van der Waals surface area contributed by atoms with Gasteiger partial charge in [-0.15, -0.1) is 0 Å². The second-order valence-corrected chi connectivity index (χ2v) is 5.79. The maximum absolute atomic E-state index is 12.7. The molecule has 1 aliphatic rings. The number of carbonyl (C=O) groups is 2. The van der Waals surface area contributed by atoms with E-state index in [9.17, 15) is 9.59 Å². The largest absolute Gasteiger partial charge is 0.373 e. The van der Waals surface area contributed by atoms with Gasteiger partial charge >= 0.3 is 0 Å². The number of rotatable bonds is 6. The highest BCUT2D eigenvalue weighted by atomic mass is 16.5. The molecule has 2 N–H and O–H groups in total. The Morgan fingerprint density at radius 2 is 2.30 bits per heavy atom. The zero-order chi connectivity index (χ0) is 16.8. The van der Waals surface area contributed by atoms with Crippen molar-refractivity contribution in [3.63, 3.8) is 0 Å². The molecule has 0 spiro atoms. The Balaban J connectivity index is 2.00. The Labute approximate surface area is 136 Å². The number of primary amides is 1. The van der Waals surface area contributed by atoms with E-state index in [1.807, 2.05) is 18.9 Å². The standard InChI is InChI=1S/C16H24N4O3/c1-3-12-8-18-5-4-14(12)16(22)20-6-7-23-13(10-20)9-19(2)11-15(17)21/h4-5,8,13H,3,6-7,9-11H2,1-2H3,(H2,17,21). The molecule has 0 aromatic carbocycles. The number of likely N-dealkylation sites (N-methyl/N-ethyl adjacent to an activating group) is 1. The highest BCUT2D eigenvalue weighted by Gasteiger charge is 2.27. The van der Waals surface area contributed by atoms with Crippen LogP contribution >= 0.6 is 0 Å². The summed E-state index contributed by atoms with van der Waals surface area (Å²) < 4.78 is 5.70. The molecule has 2 amide bonds. The van der Waals surface area contributed by atoms with E-state index in [0.717, 1.165) is 12.0 Å². The molecular formula is C16H24N4O3. The normalized spacial score (nSPS) is 18.2. The van der Waals surface area contributed by atoms with Gasteiger partial charge < -0.3 is 15.4 Å². The van der Waals surface area contributed by atoms with Crippen LogP contribution in [0.2, 0.25) is 0 Å². The molecule has 1 unspecified atom stereocenters. The van der Waals surface area contributed by atoms with Gasteiger partial charge in [-0.05, 0) is 25.1 Å². The molecule has 1 aliphatic heterocycles. The minimum absolute atomic E-state index is 0.00936. The van der Waals surface area contributed by atoms with E-state index in [-0.39, 0.29) is 24.5 Å². The molecular weight excluding hydrogens is 296 g/mol.